The van der Waals surface area contributed by atoms with Crippen molar-refractivity contribution in [2.75, 3.05) is 18.0 Å². The van der Waals surface area contributed by atoms with Crippen LogP contribution in [0.5, 0.6) is 0 Å². The van der Waals surface area contributed by atoms with Crippen LogP contribution in [0.25, 0.3) is 16.8 Å². The van der Waals surface area contributed by atoms with Crippen LogP contribution in [0.15, 0.2) is 60.9 Å². The van der Waals surface area contributed by atoms with E-state index >= 15 is 0 Å². The third kappa shape index (κ3) is 4.58. The largest absolute Gasteiger partial charge is 0.354 e. The predicted octanol–water partition coefficient (Wildman–Crippen LogP) is 5.38. The van der Waals surface area contributed by atoms with Crippen molar-refractivity contribution in [1.82, 2.24) is 19.9 Å². The van der Waals surface area contributed by atoms with Gasteiger partial charge in [-0.25, -0.2) is 13.9 Å². The van der Waals surface area contributed by atoms with Crippen LogP contribution >= 0.6 is 23.2 Å². The van der Waals surface area contributed by atoms with E-state index in [0.29, 0.717) is 22.2 Å². The Morgan fingerprint density at radius 2 is 2.00 bits per heavy atom. The van der Waals surface area contributed by atoms with Gasteiger partial charge in [-0.2, -0.15) is 5.10 Å². The van der Waals surface area contributed by atoms with Gasteiger partial charge in [-0.15, -0.1) is 0 Å². The molecule has 1 amide bonds. The van der Waals surface area contributed by atoms with Crippen LogP contribution in [0.2, 0.25) is 10.0 Å². The van der Waals surface area contributed by atoms with E-state index in [1.54, 1.807) is 23.0 Å². The molecule has 3 heterocycles. The number of piperidine rings is 1. The number of carbonyl (C=O) groups is 1. The number of nitrogens with zero attached hydrogens (tertiary/aromatic N) is 4. The summed E-state index contributed by atoms with van der Waals surface area (Å²) in [7, 11) is 0. The number of benzene rings is 2. The van der Waals surface area contributed by atoms with Crippen LogP contribution in [0.1, 0.15) is 18.4 Å². The molecule has 1 atom stereocenters. The molecule has 1 aliphatic heterocycles. The fourth-order valence-electron chi connectivity index (χ4n) is 4.33. The maximum atomic E-state index is 13.3. The van der Waals surface area contributed by atoms with Crippen molar-refractivity contribution < 1.29 is 9.18 Å². The minimum absolute atomic E-state index is 0.0534. The zero-order valence-electron chi connectivity index (χ0n) is 18.2. The van der Waals surface area contributed by atoms with Crippen LogP contribution < -0.4 is 10.2 Å². The van der Waals surface area contributed by atoms with Gasteiger partial charge in [0.15, 0.2) is 5.82 Å². The number of hydrogen-bond donors (Lipinski definition) is 1. The van der Waals surface area contributed by atoms with Crippen molar-refractivity contribution in [3.05, 3.63) is 82.4 Å². The molecule has 0 unspecified atom stereocenters. The van der Waals surface area contributed by atoms with Crippen molar-refractivity contribution in [2.24, 2.45) is 5.92 Å². The smallest absolute Gasteiger partial charge is 0.225 e. The van der Waals surface area contributed by atoms with E-state index in [4.69, 9.17) is 23.2 Å². The molecule has 4 aromatic rings. The highest BCUT2D eigenvalue weighted by molar-refractivity contribution is 6.33. The molecule has 0 spiro atoms. The lowest BCUT2D eigenvalue weighted by atomic mass is 9.97. The van der Waals surface area contributed by atoms with Crippen LogP contribution in [0, 0.1) is 11.7 Å². The second kappa shape index (κ2) is 9.60. The summed E-state index contributed by atoms with van der Waals surface area (Å²) < 4.78 is 15.1. The minimum atomic E-state index is -0.401. The van der Waals surface area contributed by atoms with Crippen molar-refractivity contribution in [2.45, 2.75) is 19.4 Å². The lowest BCUT2D eigenvalue weighted by Crippen LogP contribution is -2.43. The number of halogens is 3. The monoisotopic (exact) mass is 497 g/mol. The average Bonchev–Trinajstić information content (AvgIpc) is 3.28. The zero-order valence-corrected chi connectivity index (χ0v) is 19.7. The molecule has 1 aliphatic rings. The maximum absolute atomic E-state index is 13.3. The van der Waals surface area contributed by atoms with E-state index < -0.39 is 5.82 Å². The van der Waals surface area contributed by atoms with Crippen molar-refractivity contribution in [1.29, 1.82) is 0 Å². The third-order valence-electron chi connectivity index (χ3n) is 6.08. The molecule has 5 rings (SSSR count). The molecule has 2 aromatic heterocycles. The summed E-state index contributed by atoms with van der Waals surface area (Å²) >= 11 is 12.5. The van der Waals surface area contributed by atoms with Crippen LogP contribution in [0.4, 0.5) is 10.2 Å². The lowest BCUT2D eigenvalue weighted by Gasteiger charge is -2.33. The SMILES string of the molecule is O=C(NCc1ccc(F)cc1Cl)[C@H]1CCCN(c2nccn3nc(-c4ccccc4Cl)cc23)C1. The Balaban J connectivity index is 1.33. The second-order valence-electron chi connectivity index (χ2n) is 8.33. The topological polar surface area (TPSA) is 62.5 Å². The first-order chi connectivity index (χ1) is 16.5. The van der Waals surface area contributed by atoms with Gasteiger partial charge in [-0.3, -0.25) is 4.79 Å². The summed E-state index contributed by atoms with van der Waals surface area (Å²) in [6, 6.07) is 13.7. The van der Waals surface area contributed by atoms with E-state index in [9.17, 15) is 9.18 Å². The minimum Gasteiger partial charge on any atom is -0.354 e. The normalized spacial score (nSPS) is 16.1. The highest BCUT2D eigenvalue weighted by atomic mass is 35.5. The van der Waals surface area contributed by atoms with Crippen LogP contribution in [0.3, 0.4) is 0 Å². The van der Waals surface area contributed by atoms with Gasteiger partial charge in [0.1, 0.15) is 11.3 Å². The standard InChI is InChI=1S/C25H22Cl2FN5O/c26-20-6-2-1-5-19(20)22-13-23-24(29-9-11-33(23)31-22)32-10-3-4-17(15-32)25(34)30-14-16-7-8-18(28)12-21(16)27/h1-2,5-9,11-13,17H,3-4,10,14-15H2,(H,30,34)/t17-/m0/s1. The first-order valence-corrected chi connectivity index (χ1v) is 11.8. The third-order valence-corrected chi connectivity index (χ3v) is 6.76. The summed E-state index contributed by atoms with van der Waals surface area (Å²) in [5, 5.41) is 8.56. The molecule has 6 nitrogen and oxygen atoms in total. The molecule has 0 saturated carbocycles. The van der Waals surface area contributed by atoms with Crippen molar-refractivity contribution in [3.63, 3.8) is 0 Å². The number of carbonyl (C=O) groups excluding carboxylic acids is 1. The molecule has 2 aromatic carbocycles. The lowest BCUT2D eigenvalue weighted by molar-refractivity contribution is -0.125. The van der Waals surface area contributed by atoms with E-state index in [-0.39, 0.29) is 18.4 Å². The number of nitrogens with one attached hydrogen (secondary N) is 1. The fraction of sp³-hybridized carbons (Fsp3) is 0.240. The van der Waals surface area contributed by atoms with Crippen molar-refractivity contribution in [3.8, 4) is 11.3 Å². The number of rotatable bonds is 5. The molecule has 1 N–H and O–H groups in total. The second-order valence-corrected chi connectivity index (χ2v) is 9.14. The summed E-state index contributed by atoms with van der Waals surface area (Å²) in [5.74, 6) is 0.137. The number of hydrogen-bond acceptors (Lipinski definition) is 4. The van der Waals surface area contributed by atoms with Gasteiger partial charge >= 0.3 is 0 Å². The highest BCUT2D eigenvalue weighted by Crippen LogP contribution is 2.31. The molecule has 0 radical (unpaired) electrons. The molecule has 0 bridgehead atoms. The van der Waals surface area contributed by atoms with Gasteiger partial charge in [-0.05, 0) is 42.7 Å². The van der Waals surface area contributed by atoms with Gasteiger partial charge in [0.2, 0.25) is 5.91 Å². The Morgan fingerprint density at radius 1 is 1.15 bits per heavy atom. The molecule has 1 fully saturated rings. The van der Waals surface area contributed by atoms with Gasteiger partial charge in [-0.1, -0.05) is 47.5 Å². The molecular weight excluding hydrogens is 476 g/mol. The maximum Gasteiger partial charge on any atom is 0.225 e. The summed E-state index contributed by atoms with van der Waals surface area (Å²) in [4.78, 5) is 19.7. The molecule has 174 valence electrons. The summed E-state index contributed by atoms with van der Waals surface area (Å²) in [6.45, 7) is 1.60. The Hall–Kier alpha value is -3.16. The average molecular weight is 498 g/mol. The van der Waals surface area contributed by atoms with Gasteiger partial charge < -0.3 is 10.2 Å². The predicted molar refractivity (Wildman–Crippen MR) is 132 cm³/mol. The van der Waals surface area contributed by atoms with E-state index in [2.05, 4.69) is 20.3 Å². The number of fused-ring (bicyclic) bond motifs is 1. The molecule has 0 aliphatic carbocycles. The quantitative estimate of drug-likeness (QED) is 0.402. The first kappa shape index (κ1) is 22.6. The fourth-order valence-corrected chi connectivity index (χ4v) is 4.79. The summed E-state index contributed by atoms with van der Waals surface area (Å²) in [5.41, 5.74) is 3.16. The Kier molecular flexibility index (Phi) is 6.39. The van der Waals surface area contributed by atoms with E-state index in [1.807, 2.05) is 30.3 Å². The molecule has 9 heteroatoms. The zero-order chi connectivity index (χ0) is 23.7. The van der Waals surface area contributed by atoms with Gasteiger partial charge in [0, 0.05) is 42.6 Å². The van der Waals surface area contributed by atoms with E-state index in [0.717, 1.165) is 42.0 Å². The van der Waals surface area contributed by atoms with Gasteiger partial charge in [0.05, 0.1) is 16.6 Å². The molecule has 1 saturated heterocycles. The summed E-state index contributed by atoms with van der Waals surface area (Å²) in [6.07, 6.45) is 5.17. The number of amides is 1. The Labute approximate surface area is 206 Å². The number of anilines is 1. The Bertz CT molecular complexity index is 1360. The highest BCUT2D eigenvalue weighted by Gasteiger charge is 2.28. The Morgan fingerprint density at radius 3 is 2.82 bits per heavy atom. The molecule has 34 heavy (non-hydrogen) atoms. The number of aromatic nitrogens is 3. The van der Waals surface area contributed by atoms with E-state index in [1.165, 1.54) is 12.1 Å². The first-order valence-electron chi connectivity index (χ1n) is 11.1. The van der Waals surface area contributed by atoms with Crippen LogP contribution in [-0.2, 0) is 11.3 Å². The van der Waals surface area contributed by atoms with Gasteiger partial charge in [0.25, 0.3) is 0 Å². The molecular formula is C25H22Cl2FN5O. The van der Waals surface area contributed by atoms with Crippen molar-refractivity contribution >= 4 is 40.4 Å². The van der Waals surface area contributed by atoms with Crippen LogP contribution in [-0.4, -0.2) is 33.6 Å².